The third-order valence-corrected chi connectivity index (χ3v) is 0.757. The van der Waals surface area contributed by atoms with Gasteiger partial charge in [-0.3, -0.25) is 4.79 Å². The predicted molar refractivity (Wildman–Crippen MR) is 35.7 cm³/mol. The molecule has 55 valence electrons. The molecule has 0 aliphatic rings. The number of carbonyl (C=O) groups excluding carboxylic acids is 1. The zero-order valence-electron chi connectivity index (χ0n) is 6.17. The van der Waals surface area contributed by atoms with Crippen molar-refractivity contribution < 1.29 is 42.2 Å². The van der Waals surface area contributed by atoms with E-state index in [2.05, 4.69) is 11.7 Å². The van der Waals surface area contributed by atoms with Crippen LogP contribution in [0.3, 0.4) is 0 Å². The maximum atomic E-state index is 10.5. The molecule has 0 spiro atoms. The first-order chi connectivity index (χ1) is 4.31. The van der Waals surface area contributed by atoms with E-state index in [1.165, 1.54) is 0 Å². The third kappa shape index (κ3) is 8.18. The molecular formula is C7H11O2Y-. The minimum atomic E-state index is -0.197. The van der Waals surface area contributed by atoms with Crippen molar-refractivity contribution in [3.05, 3.63) is 19.1 Å². The van der Waals surface area contributed by atoms with Gasteiger partial charge in [-0.15, -0.1) is 0 Å². The topological polar surface area (TPSA) is 26.3 Å². The Hall–Kier alpha value is 0.184. The van der Waals surface area contributed by atoms with Gasteiger partial charge in [0.15, 0.2) is 0 Å². The Bertz CT molecular complexity index is 110. The SMILES string of the molecule is [CH2-]/C=C/CC(=O)OCC.[Y]. The molecule has 0 N–H and O–H groups in total. The fraction of sp³-hybridized carbons (Fsp3) is 0.429. The molecule has 0 unspecified atom stereocenters. The van der Waals surface area contributed by atoms with Crippen LogP contribution in [0.25, 0.3) is 0 Å². The van der Waals surface area contributed by atoms with Crippen molar-refractivity contribution in [2.45, 2.75) is 13.3 Å². The van der Waals surface area contributed by atoms with Gasteiger partial charge in [-0.2, -0.15) is 0 Å². The van der Waals surface area contributed by atoms with Crippen LogP contribution >= 0.6 is 0 Å². The van der Waals surface area contributed by atoms with Crippen LogP contribution in [0.1, 0.15) is 13.3 Å². The first kappa shape index (κ1) is 12.8. The Morgan fingerprint density at radius 1 is 1.70 bits per heavy atom. The van der Waals surface area contributed by atoms with Crippen LogP contribution in [0.15, 0.2) is 12.2 Å². The van der Waals surface area contributed by atoms with E-state index < -0.39 is 0 Å². The van der Waals surface area contributed by atoms with Gasteiger partial charge in [0.1, 0.15) is 0 Å². The van der Waals surface area contributed by atoms with Gasteiger partial charge in [0.2, 0.25) is 0 Å². The zero-order chi connectivity index (χ0) is 7.11. The van der Waals surface area contributed by atoms with Gasteiger partial charge >= 0.3 is 0 Å². The van der Waals surface area contributed by atoms with Gasteiger partial charge in [-0.05, 0) is 13.3 Å². The second-order valence-electron chi connectivity index (χ2n) is 1.48. The summed E-state index contributed by atoms with van der Waals surface area (Å²) in [5.41, 5.74) is 0. The maximum Gasteiger partial charge on any atom is 0.292 e. The van der Waals surface area contributed by atoms with E-state index in [1.807, 2.05) is 0 Å². The van der Waals surface area contributed by atoms with Crippen molar-refractivity contribution in [2.24, 2.45) is 0 Å². The molecule has 0 heterocycles. The normalized spacial score (nSPS) is 8.90. The first-order valence-corrected chi connectivity index (χ1v) is 2.91. The summed E-state index contributed by atoms with van der Waals surface area (Å²) in [4.78, 5) is 10.5. The standard InChI is InChI=1S/C7H11O2.Y/c1-3-5-6-7(8)9-4-2;/h3,5H,1,4,6H2,2H3;/q-1;/b5-3+;. The molecule has 0 saturated carbocycles. The zero-order valence-corrected chi connectivity index (χ0v) is 9.01. The average Bonchev–Trinajstić information content (AvgIpc) is 1.85. The van der Waals surface area contributed by atoms with Gasteiger partial charge in [0, 0.05) is 32.7 Å². The van der Waals surface area contributed by atoms with Gasteiger partial charge < -0.3 is 4.74 Å². The van der Waals surface area contributed by atoms with Crippen molar-refractivity contribution in [3.8, 4) is 0 Å². The molecule has 0 aliphatic carbocycles. The number of hydrogen-bond acceptors (Lipinski definition) is 2. The van der Waals surface area contributed by atoms with Crippen LogP contribution in [-0.4, -0.2) is 12.6 Å². The summed E-state index contributed by atoms with van der Waals surface area (Å²) >= 11 is 0. The summed E-state index contributed by atoms with van der Waals surface area (Å²) in [7, 11) is 0. The van der Waals surface area contributed by atoms with E-state index in [1.54, 1.807) is 19.1 Å². The predicted octanol–water partition coefficient (Wildman–Crippen LogP) is 1.33. The summed E-state index contributed by atoms with van der Waals surface area (Å²) in [6, 6.07) is 0. The minimum absolute atomic E-state index is 0. The van der Waals surface area contributed by atoms with Crippen molar-refractivity contribution in [2.75, 3.05) is 6.61 Å². The number of allylic oxidation sites excluding steroid dienone is 1. The van der Waals surface area contributed by atoms with Gasteiger partial charge in [0.05, 0.1) is 6.61 Å². The first-order valence-electron chi connectivity index (χ1n) is 2.91. The molecule has 0 rings (SSSR count). The Balaban J connectivity index is 0. The van der Waals surface area contributed by atoms with Crippen LogP contribution in [0.5, 0.6) is 0 Å². The molecule has 3 heteroatoms. The molecule has 0 aromatic rings. The molecule has 2 nitrogen and oxygen atoms in total. The van der Waals surface area contributed by atoms with Crippen molar-refractivity contribution in [1.82, 2.24) is 0 Å². The van der Waals surface area contributed by atoms with E-state index in [-0.39, 0.29) is 38.7 Å². The second-order valence-corrected chi connectivity index (χ2v) is 1.48. The largest absolute Gasteiger partial charge is 0.467 e. The molecule has 0 fully saturated rings. The summed E-state index contributed by atoms with van der Waals surface area (Å²) in [5, 5.41) is 0. The molecular weight excluding hydrogens is 205 g/mol. The van der Waals surface area contributed by atoms with Crippen molar-refractivity contribution in [3.63, 3.8) is 0 Å². The molecule has 0 bridgehead atoms. The van der Waals surface area contributed by atoms with E-state index in [4.69, 9.17) is 0 Å². The maximum absolute atomic E-state index is 10.5. The molecule has 0 aliphatic heterocycles. The summed E-state index contributed by atoms with van der Waals surface area (Å²) in [6.07, 6.45) is 3.58. The molecule has 1 radical (unpaired) electrons. The van der Waals surface area contributed by atoms with Crippen molar-refractivity contribution in [1.29, 1.82) is 0 Å². The van der Waals surface area contributed by atoms with Crippen LogP contribution < -0.4 is 0 Å². The Labute approximate surface area is 86.9 Å². The number of ether oxygens (including phenoxy) is 1. The summed E-state index contributed by atoms with van der Waals surface area (Å²) in [6.45, 7) is 5.66. The Kier molecular flexibility index (Phi) is 11.8. The van der Waals surface area contributed by atoms with Crippen LogP contribution in [-0.2, 0) is 42.2 Å². The van der Waals surface area contributed by atoms with E-state index in [0.717, 1.165) is 0 Å². The number of carbonyl (C=O) groups is 1. The Morgan fingerprint density at radius 2 is 2.30 bits per heavy atom. The molecule has 0 aromatic carbocycles. The number of rotatable bonds is 3. The van der Waals surface area contributed by atoms with Crippen LogP contribution in [0, 0.1) is 6.92 Å². The van der Waals surface area contributed by atoms with Crippen LogP contribution in [0.4, 0.5) is 0 Å². The summed E-state index contributed by atoms with van der Waals surface area (Å²) < 4.78 is 4.63. The summed E-state index contributed by atoms with van der Waals surface area (Å²) in [5.74, 6) is -0.197. The fourth-order valence-corrected chi connectivity index (χ4v) is 0.399. The molecule has 10 heavy (non-hydrogen) atoms. The second kappa shape index (κ2) is 9.18. The van der Waals surface area contributed by atoms with Crippen molar-refractivity contribution >= 4 is 5.97 Å². The molecule has 0 saturated heterocycles. The number of hydrogen-bond donors (Lipinski definition) is 0. The smallest absolute Gasteiger partial charge is 0.292 e. The quantitative estimate of drug-likeness (QED) is 0.525. The fourth-order valence-electron chi connectivity index (χ4n) is 0.399. The van der Waals surface area contributed by atoms with E-state index in [0.29, 0.717) is 13.0 Å². The van der Waals surface area contributed by atoms with Gasteiger partial charge in [-0.1, -0.05) is 0 Å². The monoisotopic (exact) mass is 216 g/mol. The third-order valence-electron chi connectivity index (χ3n) is 0.757. The van der Waals surface area contributed by atoms with Gasteiger partial charge in [0.25, 0.3) is 5.97 Å². The average molecular weight is 216 g/mol. The molecule has 0 aromatic heterocycles. The minimum Gasteiger partial charge on any atom is -0.467 e. The van der Waals surface area contributed by atoms with Gasteiger partial charge in [-0.25, -0.2) is 19.1 Å². The Morgan fingerprint density at radius 3 is 2.70 bits per heavy atom. The molecule has 0 amide bonds. The molecule has 0 atom stereocenters. The van der Waals surface area contributed by atoms with E-state index >= 15 is 0 Å². The van der Waals surface area contributed by atoms with Crippen LogP contribution in [0.2, 0.25) is 0 Å². The number of esters is 1. The van der Waals surface area contributed by atoms with E-state index in [9.17, 15) is 4.79 Å².